The number of hydrogen-bond acceptors (Lipinski definition) is 4. The minimum atomic E-state index is -0.599. The number of aromatic nitrogens is 2. The fraction of sp³-hybridized carbons (Fsp3) is 0.444. The largest absolute Gasteiger partial charge is 0.492 e. The SMILES string of the molecule is Cc1cccc(OCCNC(=O)C2(n3cccn3)CCNCC2)c1.Cl. The van der Waals surface area contributed by atoms with Gasteiger partial charge in [0, 0.05) is 12.4 Å². The summed E-state index contributed by atoms with van der Waals surface area (Å²) in [6, 6.07) is 9.76. The highest BCUT2D eigenvalue weighted by molar-refractivity contribution is 5.85. The lowest BCUT2D eigenvalue weighted by molar-refractivity contribution is -0.132. The molecule has 6 nitrogen and oxygen atoms in total. The Hall–Kier alpha value is -2.05. The minimum Gasteiger partial charge on any atom is -0.492 e. The van der Waals surface area contributed by atoms with Gasteiger partial charge in [-0.15, -0.1) is 12.4 Å². The smallest absolute Gasteiger partial charge is 0.248 e. The van der Waals surface area contributed by atoms with Crippen LogP contribution in [0.25, 0.3) is 0 Å². The summed E-state index contributed by atoms with van der Waals surface area (Å²) in [6.07, 6.45) is 5.06. The molecular formula is C18H25ClN4O2. The summed E-state index contributed by atoms with van der Waals surface area (Å²) in [6.45, 7) is 4.57. The molecule has 2 aromatic rings. The fourth-order valence-electron chi connectivity index (χ4n) is 3.13. The first-order chi connectivity index (χ1) is 11.7. The third-order valence-corrected chi connectivity index (χ3v) is 4.44. The Morgan fingerprint density at radius 1 is 1.36 bits per heavy atom. The summed E-state index contributed by atoms with van der Waals surface area (Å²) >= 11 is 0. The molecule has 2 N–H and O–H groups in total. The molecule has 2 heterocycles. The number of carbonyl (C=O) groups excluding carboxylic acids is 1. The van der Waals surface area contributed by atoms with Gasteiger partial charge in [0.05, 0.1) is 6.54 Å². The average Bonchev–Trinajstić information content (AvgIpc) is 3.14. The number of nitrogens with zero attached hydrogens (tertiary/aromatic N) is 2. The zero-order valence-electron chi connectivity index (χ0n) is 14.4. The molecule has 1 amide bonds. The molecule has 1 aromatic carbocycles. The summed E-state index contributed by atoms with van der Waals surface area (Å²) in [4.78, 5) is 12.8. The van der Waals surface area contributed by atoms with Gasteiger partial charge in [-0.2, -0.15) is 5.10 Å². The summed E-state index contributed by atoms with van der Waals surface area (Å²) in [5.74, 6) is 0.841. The lowest BCUT2D eigenvalue weighted by Crippen LogP contribution is -2.55. The van der Waals surface area contributed by atoms with E-state index in [-0.39, 0.29) is 18.3 Å². The molecule has 25 heavy (non-hydrogen) atoms. The Morgan fingerprint density at radius 2 is 2.16 bits per heavy atom. The Bertz CT molecular complexity index is 669. The number of carbonyl (C=O) groups is 1. The third kappa shape index (κ3) is 4.52. The molecule has 136 valence electrons. The van der Waals surface area contributed by atoms with Crippen LogP contribution in [0.4, 0.5) is 0 Å². The molecule has 0 atom stereocenters. The van der Waals surface area contributed by atoms with Crippen LogP contribution >= 0.6 is 12.4 Å². The topological polar surface area (TPSA) is 68.2 Å². The number of aryl methyl sites for hydroxylation is 1. The van der Waals surface area contributed by atoms with Crippen molar-refractivity contribution in [3.8, 4) is 5.75 Å². The number of amides is 1. The molecule has 0 bridgehead atoms. The first-order valence-corrected chi connectivity index (χ1v) is 8.39. The molecule has 3 rings (SSSR count). The molecule has 1 aliphatic heterocycles. The Kier molecular flexibility index (Phi) is 6.84. The van der Waals surface area contributed by atoms with Crippen molar-refractivity contribution in [2.24, 2.45) is 0 Å². The summed E-state index contributed by atoms with van der Waals surface area (Å²) in [7, 11) is 0. The van der Waals surface area contributed by atoms with Crippen molar-refractivity contribution in [1.82, 2.24) is 20.4 Å². The molecule has 1 aromatic heterocycles. The number of rotatable bonds is 6. The quantitative estimate of drug-likeness (QED) is 0.768. The standard InChI is InChI=1S/C18H24N4O2.ClH/c1-15-4-2-5-16(14-15)24-13-11-20-17(23)18(6-9-19-10-7-18)22-12-3-8-21-22;/h2-5,8,12,14,19H,6-7,9-11,13H2,1H3,(H,20,23);1H. The average molecular weight is 365 g/mol. The predicted octanol–water partition coefficient (Wildman–Crippen LogP) is 1.89. The van der Waals surface area contributed by atoms with Crippen molar-refractivity contribution in [2.45, 2.75) is 25.3 Å². The Balaban J connectivity index is 0.00000225. The molecule has 0 saturated carbocycles. The highest BCUT2D eigenvalue weighted by Crippen LogP contribution is 2.27. The number of hydrogen-bond donors (Lipinski definition) is 2. The predicted molar refractivity (Wildman–Crippen MR) is 99.2 cm³/mol. The molecule has 1 fully saturated rings. The van der Waals surface area contributed by atoms with E-state index in [0.29, 0.717) is 13.2 Å². The van der Waals surface area contributed by atoms with E-state index >= 15 is 0 Å². The van der Waals surface area contributed by atoms with E-state index in [4.69, 9.17) is 4.74 Å². The number of nitrogens with one attached hydrogen (secondary N) is 2. The van der Waals surface area contributed by atoms with E-state index in [1.807, 2.05) is 43.5 Å². The van der Waals surface area contributed by atoms with Crippen LogP contribution in [0.3, 0.4) is 0 Å². The van der Waals surface area contributed by atoms with Crippen LogP contribution in [0.5, 0.6) is 5.75 Å². The second-order valence-electron chi connectivity index (χ2n) is 6.15. The van der Waals surface area contributed by atoms with Crippen LogP contribution in [0, 0.1) is 6.92 Å². The molecule has 0 radical (unpaired) electrons. The number of ether oxygens (including phenoxy) is 1. The van der Waals surface area contributed by atoms with Gasteiger partial charge in [0.1, 0.15) is 17.9 Å². The van der Waals surface area contributed by atoms with Gasteiger partial charge in [0.25, 0.3) is 0 Å². The van der Waals surface area contributed by atoms with Crippen LogP contribution in [-0.4, -0.2) is 41.9 Å². The number of halogens is 1. The van der Waals surface area contributed by atoms with E-state index in [0.717, 1.165) is 37.2 Å². The fourth-order valence-corrected chi connectivity index (χ4v) is 3.13. The van der Waals surface area contributed by atoms with Crippen molar-refractivity contribution in [3.05, 3.63) is 48.3 Å². The highest BCUT2D eigenvalue weighted by Gasteiger charge is 2.41. The van der Waals surface area contributed by atoms with Crippen molar-refractivity contribution >= 4 is 18.3 Å². The van der Waals surface area contributed by atoms with Crippen molar-refractivity contribution < 1.29 is 9.53 Å². The van der Waals surface area contributed by atoms with Crippen LogP contribution in [0.1, 0.15) is 18.4 Å². The van der Waals surface area contributed by atoms with Crippen LogP contribution in [-0.2, 0) is 10.3 Å². The highest BCUT2D eigenvalue weighted by atomic mass is 35.5. The zero-order chi connectivity index (χ0) is 16.8. The Labute approximate surface area is 154 Å². The van der Waals surface area contributed by atoms with Crippen LogP contribution in [0.15, 0.2) is 42.7 Å². The second-order valence-corrected chi connectivity index (χ2v) is 6.15. The molecule has 1 aliphatic rings. The Morgan fingerprint density at radius 3 is 2.84 bits per heavy atom. The molecular weight excluding hydrogens is 340 g/mol. The van der Waals surface area contributed by atoms with E-state index in [1.54, 1.807) is 10.9 Å². The maximum absolute atomic E-state index is 12.8. The zero-order valence-corrected chi connectivity index (χ0v) is 15.2. The molecule has 0 spiro atoms. The first kappa shape index (κ1) is 19.3. The summed E-state index contributed by atoms with van der Waals surface area (Å²) in [5, 5.41) is 10.6. The summed E-state index contributed by atoms with van der Waals surface area (Å²) < 4.78 is 7.49. The van der Waals surface area contributed by atoms with Gasteiger partial charge >= 0.3 is 0 Å². The maximum Gasteiger partial charge on any atom is 0.248 e. The molecule has 0 aliphatic carbocycles. The van der Waals surface area contributed by atoms with Crippen molar-refractivity contribution in [1.29, 1.82) is 0 Å². The van der Waals surface area contributed by atoms with Gasteiger partial charge < -0.3 is 15.4 Å². The van der Waals surface area contributed by atoms with Crippen molar-refractivity contribution in [2.75, 3.05) is 26.2 Å². The third-order valence-electron chi connectivity index (χ3n) is 4.44. The summed E-state index contributed by atoms with van der Waals surface area (Å²) in [5.41, 5.74) is 0.557. The minimum absolute atomic E-state index is 0. The van der Waals surface area contributed by atoms with E-state index < -0.39 is 5.54 Å². The second kappa shape index (κ2) is 8.87. The van der Waals surface area contributed by atoms with Gasteiger partial charge in [-0.3, -0.25) is 9.48 Å². The lowest BCUT2D eigenvalue weighted by atomic mass is 9.87. The normalized spacial score (nSPS) is 15.9. The van der Waals surface area contributed by atoms with Crippen molar-refractivity contribution in [3.63, 3.8) is 0 Å². The van der Waals surface area contributed by atoms with Gasteiger partial charge in [-0.05, 0) is 56.6 Å². The monoisotopic (exact) mass is 364 g/mol. The van der Waals surface area contributed by atoms with Crippen LogP contribution < -0.4 is 15.4 Å². The van der Waals surface area contributed by atoms with Gasteiger partial charge in [0.15, 0.2) is 0 Å². The van der Waals surface area contributed by atoms with E-state index in [1.165, 1.54) is 0 Å². The van der Waals surface area contributed by atoms with E-state index in [9.17, 15) is 4.79 Å². The first-order valence-electron chi connectivity index (χ1n) is 8.39. The maximum atomic E-state index is 12.8. The molecule has 0 unspecified atom stereocenters. The lowest BCUT2D eigenvalue weighted by Gasteiger charge is -2.36. The van der Waals surface area contributed by atoms with Gasteiger partial charge in [-0.1, -0.05) is 12.1 Å². The van der Waals surface area contributed by atoms with Crippen LogP contribution in [0.2, 0.25) is 0 Å². The van der Waals surface area contributed by atoms with E-state index in [2.05, 4.69) is 15.7 Å². The number of piperidine rings is 1. The van der Waals surface area contributed by atoms with Gasteiger partial charge in [-0.25, -0.2) is 0 Å². The molecule has 1 saturated heterocycles. The van der Waals surface area contributed by atoms with Gasteiger partial charge in [0.2, 0.25) is 5.91 Å². The number of benzene rings is 1. The molecule has 7 heteroatoms.